The van der Waals surface area contributed by atoms with E-state index in [1.807, 2.05) is 0 Å². The Hall–Kier alpha value is -1.22. The van der Waals surface area contributed by atoms with Gasteiger partial charge in [0.05, 0.1) is 14.2 Å². The second kappa shape index (κ2) is 4.66. The van der Waals surface area contributed by atoms with Crippen molar-refractivity contribution in [2.75, 3.05) is 20.8 Å². The molecule has 0 amide bonds. The Balaban J connectivity index is 1.74. The first-order valence-electron chi connectivity index (χ1n) is 7.82. The van der Waals surface area contributed by atoms with Crippen LogP contribution in [-0.2, 0) is 6.42 Å². The number of hydrogen-bond donors (Lipinski definition) is 0. The minimum absolute atomic E-state index is 0.634. The molecule has 3 heteroatoms. The lowest BCUT2D eigenvalue weighted by Gasteiger charge is -2.34. The van der Waals surface area contributed by atoms with Gasteiger partial charge in [-0.05, 0) is 61.4 Å². The Labute approximate surface area is 120 Å². The lowest BCUT2D eigenvalue weighted by molar-refractivity contribution is 0.145. The zero-order valence-electron chi connectivity index (χ0n) is 12.4. The van der Waals surface area contributed by atoms with Crippen LogP contribution in [0.25, 0.3) is 0 Å². The first kappa shape index (κ1) is 12.5. The third-order valence-corrected chi connectivity index (χ3v) is 5.50. The van der Waals surface area contributed by atoms with Crippen molar-refractivity contribution in [3.63, 3.8) is 0 Å². The third-order valence-electron chi connectivity index (χ3n) is 5.50. The van der Waals surface area contributed by atoms with Gasteiger partial charge in [0.25, 0.3) is 0 Å². The van der Waals surface area contributed by atoms with E-state index < -0.39 is 0 Å². The van der Waals surface area contributed by atoms with Gasteiger partial charge in [-0.25, -0.2) is 0 Å². The number of rotatable bonds is 2. The molecule has 0 spiro atoms. The molecule has 0 N–H and O–H groups in total. The quantitative estimate of drug-likeness (QED) is 0.826. The van der Waals surface area contributed by atoms with Crippen molar-refractivity contribution in [1.29, 1.82) is 0 Å². The summed E-state index contributed by atoms with van der Waals surface area (Å²) >= 11 is 0. The molecule has 3 aliphatic rings. The van der Waals surface area contributed by atoms with Crippen molar-refractivity contribution >= 4 is 0 Å². The van der Waals surface area contributed by atoms with E-state index in [1.54, 1.807) is 14.2 Å². The van der Waals surface area contributed by atoms with Gasteiger partial charge >= 0.3 is 0 Å². The second-order valence-corrected chi connectivity index (χ2v) is 6.44. The van der Waals surface area contributed by atoms with Crippen LogP contribution in [0.1, 0.15) is 42.9 Å². The first-order valence-corrected chi connectivity index (χ1v) is 7.82. The molecule has 0 saturated carbocycles. The predicted molar refractivity (Wildman–Crippen MR) is 78.4 cm³/mol. The van der Waals surface area contributed by atoms with Gasteiger partial charge in [-0.2, -0.15) is 0 Å². The van der Waals surface area contributed by atoms with Crippen LogP contribution >= 0.6 is 0 Å². The molecule has 3 atom stereocenters. The van der Waals surface area contributed by atoms with E-state index in [1.165, 1.54) is 49.8 Å². The van der Waals surface area contributed by atoms with Gasteiger partial charge in [0.1, 0.15) is 0 Å². The van der Waals surface area contributed by atoms with Crippen LogP contribution in [-0.4, -0.2) is 31.7 Å². The maximum Gasteiger partial charge on any atom is 0.161 e. The number of hydrogen-bond acceptors (Lipinski definition) is 3. The van der Waals surface area contributed by atoms with Crippen molar-refractivity contribution in [1.82, 2.24) is 4.90 Å². The van der Waals surface area contributed by atoms with Gasteiger partial charge in [-0.15, -0.1) is 0 Å². The highest BCUT2D eigenvalue weighted by Crippen LogP contribution is 2.52. The summed E-state index contributed by atoms with van der Waals surface area (Å²) in [5.74, 6) is 2.57. The van der Waals surface area contributed by atoms with Crippen LogP contribution in [0.4, 0.5) is 0 Å². The Bertz CT molecular complexity index is 528. The molecule has 1 aliphatic carbocycles. The molecule has 0 unspecified atom stereocenters. The second-order valence-electron chi connectivity index (χ2n) is 6.44. The van der Waals surface area contributed by atoms with Crippen molar-refractivity contribution in [3.8, 4) is 11.5 Å². The lowest BCUT2D eigenvalue weighted by atomic mass is 9.97. The summed E-state index contributed by atoms with van der Waals surface area (Å²) in [6.07, 6.45) is 6.77. The molecule has 1 aromatic carbocycles. The molecule has 2 aliphatic heterocycles. The Morgan fingerprint density at radius 3 is 2.70 bits per heavy atom. The summed E-state index contributed by atoms with van der Waals surface area (Å²) in [5.41, 5.74) is 2.97. The van der Waals surface area contributed by atoms with Crippen LogP contribution in [0, 0.1) is 5.92 Å². The number of fused-ring (bicyclic) bond motifs is 5. The highest BCUT2D eigenvalue weighted by Gasteiger charge is 2.47. The van der Waals surface area contributed by atoms with E-state index >= 15 is 0 Å². The fourth-order valence-electron chi connectivity index (χ4n) is 4.69. The molecule has 0 radical (unpaired) electrons. The fourth-order valence-corrected chi connectivity index (χ4v) is 4.69. The SMILES string of the molecule is COc1cc2c(cc1OC)[C@@H]1[C@H](C2)C[C@@H]2CCCCN21. The monoisotopic (exact) mass is 273 g/mol. The number of nitrogens with zero attached hydrogens (tertiary/aromatic N) is 1. The smallest absolute Gasteiger partial charge is 0.161 e. The molecule has 2 saturated heterocycles. The van der Waals surface area contributed by atoms with Gasteiger partial charge in [-0.1, -0.05) is 6.42 Å². The van der Waals surface area contributed by atoms with Gasteiger partial charge in [0.2, 0.25) is 0 Å². The molecule has 2 fully saturated rings. The molecule has 3 nitrogen and oxygen atoms in total. The largest absolute Gasteiger partial charge is 0.493 e. The van der Waals surface area contributed by atoms with Crippen LogP contribution in [0.5, 0.6) is 11.5 Å². The number of piperidine rings is 1. The molecular formula is C17H23NO2. The highest BCUT2D eigenvalue weighted by atomic mass is 16.5. The number of benzene rings is 1. The minimum atomic E-state index is 0.634. The summed E-state index contributed by atoms with van der Waals surface area (Å²) < 4.78 is 11.0. The number of ether oxygens (including phenoxy) is 2. The van der Waals surface area contributed by atoms with Crippen molar-refractivity contribution in [3.05, 3.63) is 23.3 Å². The maximum absolute atomic E-state index is 5.50. The van der Waals surface area contributed by atoms with E-state index in [4.69, 9.17) is 9.47 Å². The van der Waals surface area contributed by atoms with Gasteiger partial charge in [0.15, 0.2) is 11.5 Å². The average Bonchev–Trinajstić information content (AvgIpc) is 3.00. The maximum atomic E-state index is 5.50. The number of methoxy groups -OCH3 is 2. The molecule has 20 heavy (non-hydrogen) atoms. The van der Waals surface area contributed by atoms with Crippen LogP contribution in [0.15, 0.2) is 12.1 Å². The van der Waals surface area contributed by atoms with Crippen LogP contribution in [0.3, 0.4) is 0 Å². The predicted octanol–water partition coefficient (Wildman–Crippen LogP) is 3.18. The standard InChI is InChI=1S/C17H23NO2/c1-19-15-9-11-7-12-8-13-5-3-4-6-18(13)17(12)14(11)10-16(15)20-2/h9-10,12-13,17H,3-8H2,1-2H3/t12-,13+,17+/m1/s1. The minimum Gasteiger partial charge on any atom is -0.493 e. The Morgan fingerprint density at radius 2 is 1.90 bits per heavy atom. The van der Waals surface area contributed by atoms with Crippen molar-refractivity contribution in [2.24, 2.45) is 5.92 Å². The third kappa shape index (κ3) is 1.69. The van der Waals surface area contributed by atoms with E-state index in [2.05, 4.69) is 17.0 Å². The topological polar surface area (TPSA) is 21.7 Å². The fraction of sp³-hybridized carbons (Fsp3) is 0.647. The summed E-state index contributed by atoms with van der Waals surface area (Å²) in [6.45, 7) is 1.28. The van der Waals surface area contributed by atoms with Crippen LogP contribution < -0.4 is 9.47 Å². The van der Waals surface area contributed by atoms with Crippen molar-refractivity contribution in [2.45, 2.75) is 44.2 Å². The van der Waals surface area contributed by atoms with Gasteiger partial charge in [0, 0.05) is 12.1 Å². The Kier molecular flexibility index (Phi) is 2.92. The zero-order chi connectivity index (χ0) is 13.7. The van der Waals surface area contributed by atoms with E-state index in [9.17, 15) is 0 Å². The van der Waals surface area contributed by atoms with E-state index in [0.29, 0.717) is 6.04 Å². The average molecular weight is 273 g/mol. The van der Waals surface area contributed by atoms with E-state index in [-0.39, 0.29) is 0 Å². The molecule has 0 bridgehead atoms. The highest BCUT2D eigenvalue weighted by molar-refractivity contribution is 5.51. The van der Waals surface area contributed by atoms with Gasteiger partial charge < -0.3 is 9.47 Å². The first-order chi connectivity index (χ1) is 9.81. The lowest BCUT2D eigenvalue weighted by Crippen LogP contribution is -2.35. The normalized spacial score (nSPS) is 31.6. The molecule has 2 heterocycles. The summed E-state index contributed by atoms with van der Waals surface area (Å²) in [7, 11) is 3.45. The molecule has 1 aromatic rings. The molecule has 0 aromatic heterocycles. The summed E-state index contributed by atoms with van der Waals surface area (Å²) in [4.78, 5) is 2.77. The van der Waals surface area contributed by atoms with Crippen molar-refractivity contribution < 1.29 is 9.47 Å². The summed E-state index contributed by atoms with van der Waals surface area (Å²) in [6, 6.07) is 5.90. The molecule has 108 valence electrons. The Morgan fingerprint density at radius 1 is 1.10 bits per heavy atom. The molecular weight excluding hydrogens is 250 g/mol. The summed E-state index contributed by atoms with van der Waals surface area (Å²) in [5, 5.41) is 0. The van der Waals surface area contributed by atoms with Gasteiger partial charge in [-0.3, -0.25) is 4.90 Å². The molecule has 4 rings (SSSR count). The zero-order valence-corrected chi connectivity index (χ0v) is 12.4. The van der Waals surface area contributed by atoms with E-state index in [0.717, 1.165) is 23.5 Å². The van der Waals surface area contributed by atoms with Crippen LogP contribution in [0.2, 0.25) is 0 Å².